The Hall–Kier alpha value is -0.670. The third-order valence-electron chi connectivity index (χ3n) is 2.98. The van der Waals surface area contributed by atoms with Gasteiger partial charge in [-0.25, -0.2) is 0 Å². The molecule has 1 heterocycles. The van der Waals surface area contributed by atoms with E-state index in [0.717, 1.165) is 23.5 Å². The first-order chi connectivity index (χ1) is 8.01. The predicted molar refractivity (Wildman–Crippen MR) is 72.6 cm³/mol. The van der Waals surface area contributed by atoms with Crippen molar-refractivity contribution in [3.63, 3.8) is 0 Å². The molecule has 1 aliphatic rings. The second-order valence-corrected chi connectivity index (χ2v) is 6.45. The number of aliphatic hydroxyl groups is 1. The van der Waals surface area contributed by atoms with Crippen molar-refractivity contribution in [3.8, 4) is 5.75 Å². The van der Waals surface area contributed by atoms with Crippen molar-refractivity contribution in [2.24, 2.45) is 0 Å². The first-order valence-electron chi connectivity index (χ1n) is 6.11. The molecular formula is C14H20O2S. The molecule has 1 N–H and O–H groups in total. The number of para-hydroxylation sites is 1. The zero-order chi connectivity index (χ0) is 12.5. The molecule has 0 saturated carbocycles. The summed E-state index contributed by atoms with van der Waals surface area (Å²) in [6.07, 6.45) is 0.932. The smallest absolute Gasteiger partial charge is 0.125 e. The van der Waals surface area contributed by atoms with Gasteiger partial charge in [0.25, 0.3) is 0 Å². The van der Waals surface area contributed by atoms with E-state index in [9.17, 15) is 5.11 Å². The Morgan fingerprint density at radius 2 is 2.12 bits per heavy atom. The topological polar surface area (TPSA) is 29.5 Å². The van der Waals surface area contributed by atoms with E-state index in [2.05, 4.69) is 6.92 Å². The molecule has 1 aliphatic heterocycles. The number of thioether (sulfide) groups is 1. The van der Waals surface area contributed by atoms with Crippen LogP contribution in [0.2, 0.25) is 0 Å². The van der Waals surface area contributed by atoms with Gasteiger partial charge >= 0.3 is 0 Å². The SMILES string of the molecule is CC(C)Oc1ccccc1C1(O)CSC(C)C1. The number of benzene rings is 1. The number of ether oxygens (including phenoxy) is 1. The Bertz CT molecular complexity index is 392. The molecule has 94 valence electrons. The molecule has 1 aromatic carbocycles. The van der Waals surface area contributed by atoms with E-state index in [-0.39, 0.29) is 6.10 Å². The highest BCUT2D eigenvalue weighted by atomic mass is 32.2. The Morgan fingerprint density at radius 1 is 1.41 bits per heavy atom. The monoisotopic (exact) mass is 252 g/mol. The molecular weight excluding hydrogens is 232 g/mol. The van der Waals surface area contributed by atoms with Gasteiger partial charge in [0.2, 0.25) is 0 Å². The average molecular weight is 252 g/mol. The van der Waals surface area contributed by atoms with Crippen molar-refractivity contribution in [2.45, 2.75) is 44.1 Å². The molecule has 0 aliphatic carbocycles. The minimum absolute atomic E-state index is 0.131. The molecule has 17 heavy (non-hydrogen) atoms. The molecule has 2 unspecified atom stereocenters. The average Bonchev–Trinajstić information content (AvgIpc) is 2.59. The summed E-state index contributed by atoms with van der Waals surface area (Å²) < 4.78 is 5.79. The Labute approximate surface area is 107 Å². The van der Waals surface area contributed by atoms with Gasteiger partial charge in [-0.15, -0.1) is 0 Å². The van der Waals surface area contributed by atoms with Crippen LogP contribution in [0.15, 0.2) is 24.3 Å². The summed E-state index contributed by atoms with van der Waals surface area (Å²) in [6.45, 7) is 6.17. The maximum atomic E-state index is 10.7. The highest BCUT2D eigenvalue weighted by Gasteiger charge is 2.39. The van der Waals surface area contributed by atoms with Crippen LogP contribution in [0.1, 0.15) is 32.8 Å². The summed E-state index contributed by atoms with van der Waals surface area (Å²) in [5.74, 6) is 1.58. The van der Waals surface area contributed by atoms with Gasteiger partial charge in [0.05, 0.1) is 6.10 Å². The van der Waals surface area contributed by atoms with Gasteiger partial charge in [0.1, 0.15) is 11.4 Å². The minimum atomic E-state index is -0.727. The molecule has 2 rings (SSSR count). The van der Waals surface area contributed by atoms with Crippen LogP contribution in [0.25, 0.3) is 0 Å². The standard InChI is InChI=1S/C14H20O2S/c1-10(2)16-13-7-5-4-6-12(13)14(15)8-11(3)17-9-14/h4-7,10-11,15H,8-9H2,1-3H3. The minimum Gasteiger partial charge on any atom is -0.491 e. The van der Waals surface area contributed by atoms with Gasteiger partial charge in [-0.05, 0) is 26.3 Å². The van der Waals surface area contributed by atoms with Crippen LogP contribution in [0.5, 0.6) is 5.75 Å². The fraction of sp³-hybridized carbons (Fsp3) is 0.571. The van der Waals surface area contributed by atoms with E-state index in [1.54, 1.807) is 0 Å². The van der Waals surface area contributed by atoms with Crippen LogP contribution in [0.3, 0.4) is 0 Å². The largest absolute Gasteiger partial charge is 0.491 e. The van der Waals surface area contributed by atoms with Gasteiger partial charge in [0.15, 0.2) is 0 Å². The van der Waals surface area contributed by atoms with Crippen LogP contribution in [0, 0.1) is 0 Å². The van der Waals surface area contributed by atoms with Crippen molar-refractivity contribution in [1.29, 1.82) is 0 Å². The Morgan fingerprint density at radius 3 is 2.71 bits per heavy atom. The molecule has 2 atom stereocenters. The molecule has 1 aromatic rings. The van der Waals surface area contributed by atoms with Gasteiger partial charge in [-0.3, -0.25) is 0 Å². The molecule has 0 aromatic heterocycles. The van der Waals surface area contributed by atoms with E-state index in [1.165, 1.54) is 0 Å². The van der Waals surface area contributed by atoms with E-state index in [4.69, 9.17) is 4.74 Å². The summed E-state index contributed by atoms with van der Waals surface area (Å²) >= 11 is 1.82. The van der Waals surface area contributed by atoms with Crippen molar-refractivity contribution >= 4 is 11.8 Å². The molecule has 1 saturated heterocycles. The zero-order valence-electron chi connectivity index (χ0n) is 10.6. The molecule has 2 nitrogen and oxygen atoms in total. The van der Waals surface area contributed by atoms with Gasteiger partial charge in [-0.2, -0.15) is 11.8 Å². The number of hydrogen-bond donors (Lipinski definition) is 1. The third-order valence-corrected chi connectivity index (χ3v) is 4.36. The normalized spacial score (nSPS) is 28.6. The second-order valence-electron chi connectivity index (χ2n) is 5.02. The Kier molecular flexibility index (Phi) is 3.69. The summed E-state index contributed by atoms with van der Waals surface area (Å²) in [6, 6.07) is 7.85. The molecule has 0 amide bonds. The second kappa shape index (κ2) is 4.91. The maximum absolute atomic E-state index is 10.7. The lowest BCUT2D eigenvalue weighted by Gasteiger charge is -2.25. The molecule has 0 bridgehead atoms. The summed E-state index contributed by atoms with van der Waals surface area (Å²) in [4.78, 5) is 0. The van der Waals surface area contributed by atoms with Crippen molar-refractivity contribution in [1.82, 2.24) is 0 Å². The van der Waals surface area contributed by atoms with Crippen molar-refractivity contribution in [2.75, 3.05) is 5.75 Å². The van der Waals surface area contributed by atoms with Gasteiger partial charge in [-0.1, -0.05) is 25.1 Å². The predicted octanol–water partition coefficient (Wildman–Crippen LogP) is 3.19. The van der Waals surface area contributed by atoms with E-state index >= 15 is 0 Å². The number of rotatable bonds is 3. The quantitative estimate of drug-likeness (QED) is 0.896. The van der Waals surface area contributed by atoms with Crippen molar-refractivity contribution < 1.29 is 9.84 Å². The van der Waals surface area contributed by atoms with E-state index in [1.807, 2.05) is 49.9 Å². The summed E-state index contributed by atoms with van der Waals surface area (Å²) in [7, 11) is 0. The number of hydrogen-bond acceptors (Lipinski definition) is 3. The zero-order valence-corrected chi connectivity index (χ0v) is 11.5. The van der Waals surface area contributed by atoms with E-state index in [0.29, 0.717) is 5.25 Å². The fourth-order valence-corrected chi connectivity index (χ4v) is 3.50. The molecule has 1 fully saturated rings. The van der Waals surface area contributed by atoms with Crippen LogP contribution in [-0.4, -0.2) is 22.2 Å². The van der Waals surface area contributed by atoms with E-state index < -0.39 is 5.60 Å². The lowest BCUT2D eigenvalue weighted by atomic mass is 9.90. The highest BCUT2D eigenvalue weighted by molar-refractivity contribution is 8.00. The van der Waals surface area contributed by atoms with Crippen LogP contribution < -0.4 is 4.74 Å². The first kappa shape index (κ1) is 12.8. The lowest BCUT2D eigenvalue weighted by Crippen LogP contribution is -2.27. The maximum Gasteiger partial charge on any atom is 0.125 e. The first-order valence-corrected chi connectivity index (χ1v) is 7.16. The van der Waals surface area contributed by atoms with Crippen molar-refractivity contribution in [3.05, 3.63) is 29.8 Å². The van der Waals surface area contributed by atoms with Crippen LogP contribution in [-0.2, 0) is 5.60 Å². The molecule has 0 radical (unpaired) electrons. The van der Waals surface area contributed by atoms with Crippen LogP contribution in [0.4, 0.5) is 0 Å². The Balaban J connectivity index is 2.31. The lowest BCUT2D eigenvalue weighted by molar-refractivity contribution is 0.0565. The highest BCUT2D eigenvalue weighted by Crippen LogP contribution is 2.44. The summed E-state index contributed by atoms with van der Waals surface area (Å²) in [5.41, 5.74) is 0.209. The van der Waals surface area contributed by atoms with Gasteiger partial charge < -0.3 is 9.84 Å². The van der Waals surface area contributed by atoms with Crippen LogP contribution >= 0.6 is 11.8 Å². The fourth-order valence-electron chi connectivity index (χ4n) is 2.27. The van der Waals surface area contributed by atoms with Gasteiger partial charge in [0, 0.05) is 16.6 Å². The molecule has 3 heteroatoms. The third kappa shape index (κ3) is 2.78. The summed E-state index contributed by atoms with van der Waals surface area (Å²) in [5, 5.41) is 11.2. The molecule has 0 spiro atoms.